The van der Waals surface area contributed by atoms with Crippen LogP contribution in [0.2, 0.25) is 0 Å². The van der Waals surface area contributed by atoms with Gasteiger partial charge < -0.3 is 19.9 Å². The van der Waals surface area contributed by atoms with E-state index in [-0.39, 0.29) is 52.9 Å². The van der Waals surface area contributed by atoms with Crippen molar-refractivity contribution >= 4 is 46.5 Å². The molecule has 1 aromatic rings. The van der Waals surface area contributed by atoms with Gasteiger partial charge in [-0.25, -0.2) is 9.98 Å². The van der Waals surface area contributed by atoms with E-state index in [1.807, 2.05) is 32.1 Å². The van der Waals surface area contributed by atoms with Crippen molar-refractivity contribution in [3.63, 3.8) is 0 Å². The van der Waals surface area contributed by atoms with Crippen LogP contribution in [0.1, 0.15) is 206 Å². The van der Waals surface area contributed by atoms with Crippen LogP contribution >= 0.6 is 0 Å². The van der Waals surface area contributed by atoms with Crippen LogP contribution in [0.5, 0.6) is 0 Å². The Balaban J connectivity index is 0.00000771. The summed E-state index contributed by atoms with van der Waals surface area (Å²) in [5.74, 6) is -1.04. The first-order valence-electron chi connectivity index (χ1n) is 24.8. The Kier molecular flexibility index (Phi) is 19.9. The predicted octanol–water partition coefficient (Wildman–Crippen LogP) is 11.3. The molecule has 0 spiro atoms. The van der Waals surface area contributed by atoms with Gasteiger partial charge in [-0.1, -0.05) is 154 Å². The first-order chi connectivity index (χ1) is 30.5. The van der Waals surface area contributed by atoms with Gasteiger partial charge in [0.15, 0.2) is 5.76 Å². The summed E-state index contributed by atoms with van der Waals surface area (Å²) in [7, 11) is 0. The van der Waals surface area contributed by atoms with Crippen LogP contribution in [-0.4, -0.2) is 34.2 Å². The van der Waals surface area contributed by atoms with E-state index < -0.39 is 5.97 Å². The zero-order valence-electron chi connectivity index (χ0n) is 39.7. The summed E-state index contributed by atoms with van der Waals surface area (Å²) >= 11 is 0. The maximum Gasteiger partial charge on any atom is 2.00 e. The van der Waals surface area contributed by atoms with Gasteiger partial charge in [0.05, 0.1) is 17.1 Å². The summed E-state index contributed by atoms with van der Waals surface area (Å²) in [6.45, 7) is 12.4. The molecule has 0 fully saturated rings. The largest absolute Gasteiger partial charge is 2.00 e. The van der Waals surface area contributed by atoms with Gasteiger partial charge in [-0.2, -0.15) is 0 Å². The first-order valence-corrected chi connectivity index (χ1v) is 24.8. The number of rotatable bonds is 26. The molecule has 1 aromatic heterocycles. The number of allylic oxidation sites excluding steroid dienone is 6. The second-order valence-corrected chi connectivity index (χ2v) is 18.7. The van der Waals surface area contributed by atoms with E-state index >= 15 is 0 Å². The third-order valence-electron chi connectivity index (χ3n) is 14.0. The van der Waals surface area contributed by atoms with E-state index in [0.717, 1.165) is 76.4 Å². The first kappa shape index (κ1) is 51.0. The number of ether oxygens (including phenoxy) is 1. The molecule has 0 saturated heterocycles. The summed E-state index contributed by atoms with van der Waals surface area (Å²) in [4.78, 5) is 45.6. The molecule has 10 heteroatoms. The van der Waals surface area contributed by atoms with Crippen molar-refractivity contribution in [3.8, 4) is 0 Å². The number of nitrogens with zero attached hydrogens (tertiary/aromatic N) is 4. The van der Waals surface area contributed by atoms with E-state index in [1.165, 1.54) is 109 Å². The number of carbonyl (C=O) groups is 2. The fourth-order valence-electron chi connectivity index (χ4n) is 10.1. The molecular formula is C54H74N4NiO5. The number of aliphatic imine (C=N–C) groups is 3. The van der Waals surface area contributed by atoms with Crippen LogP contribution in [0.25, 0.3) is 17.4 Å². The van der Waals surface area contributed by atoms with Gasteiger partial charge in [-0.3, -0.25) is 14.6 Å². The van der Waals surface area contributed by atoms with Crippen molar-refractivity contribution in [2.75, 3.05) is 0 Å². The van der Waals surface area contributed by atoms with Crippen molar-refractivity contribution in [1.29, 1.82) is 0 Å². The summed E-state index contributed by atoms with van der Waals surface area (Å²) in [6, 6.07) is 0. The molecule has 1 N–H and O–H groups in total. The van der Waals surface area contributed by atoms with Gasteiger partial charge in [-0.15, -0.1) is 16.8 Å². The van der Waals surface area contributed by atoms with Gasteiger partial charge in [0.25, 0.3) is 0 Å². The minimum Gasteiger partial charge on any atom is -0.875 e. The number of esters is 1. The van der Waals surface area contributed by atoms with Crippen molar-refractivity contribution in [3.05, 3.63) is 73.5 Å². The fraction of sp³-hybridized carbons (Fsp3) is 0.611. The number of hydrogen-bond donors (Lipinski definition) is 1. The molecule has 1 aliphatic carbocycles. The molecule has 5 aliphatic rings. The van der Waals surface area contributed by atoms with Gasteiger partial charge >= 0.3 is 28.4 Å². The van der Waals surface area contributed by atoms with Gasteiger partial charge in [-0.05, 0) is 80.5 Å². The molecule has 2 atom stereocenters. The predicted molar refractivity (Wildman–Crippen MR) is 256 cm³/mol. The molecule has 350 valence electrons. The zero-order valence-corrected chi connectivity index (χ0v) is 40.7. The maximum absolute atomic E-state index is 13.6. The third kappa shape index (κ3) is 12.9. The second-order valence-electron chi connectivity index (χ2n) is 18.7. The third-order valence-corrected chi connectivity index (χ3v) is 14.0. The number of carboxylic acids is 1. The number of fused-ring (bicyclic) bond motifs is 5. The zero-order chi connectivity index (χ0) is 44.9. The molecule has 4 aliphatic heterocycles. The topological polar surface area (TPSA) is 138 Å². The molecule has 6 rings (SSSR count). The van der Waals surface area contributed by atoms with Crippen LogP contribution in [0.4, 0.5) is 0 Å². The molecule has 5 heterocycles. The maximum atomic E-state index is 13.6. The Morgan fingerprint density at radius 2 is 1.28 bits per heavy atom. The van der Waals surface area contributed by atoms with E-state index in [9.17, 15) is 19.8 Å². The molecule has 0 radical (unpaired) electrons. The molecule has 0 unspecified atom stereocenters. The quantitative estimate of drug-likeness (QED) is 0.0558. The average Bonchev–Trinajstić information content (AvgIpc) is 4.01. The molecule has 0 saturated carbocycles. The number of carboxylic acid groups (broad SMARTS) is 1. The standard InChI is InChI=1S/C54H76N4O5.Ni/c1-7-9-10-11-12-13-14-15-16-17-18-19-20-21-22-23-24-25-26-27-28-50(62)63-54-38(6)45-32-43-36(4)40(29-30-49(60)61)52(57-43)41-31-48(59)51-37(5)44(58-53(41)51)33-46-39(8-2)35(3)42(55-46)34-47(54)56-45;/h32-34,36,40H,7-31H2,1-6H3,(H3,55,56,57,58,59,60,61);/q;+2/p-2/t36-,40-;/m0./s1. The van der Waals surface area contributed by atoms with Crippen LogP contribution in [0.15, 0.2) is 66.7 Å². The van der Waals surface area contributed by atoms with Crippen molar-refractivity contribution in [2.24, 2.45) is 26.8 Å². The number of aliphatic carboxylic acids is 1. The van der Waals surface area contributed by atoms with Crippen molar-refractivity contribution in [2.45, 2.75) is 202 Å². The Hall–Kier alpha value is -4.04. The van der Waals surface area contributed by atoms with Crippen LogP contribution in [-0.2, 0) is 30.8 Å². The van der Waals surface area contributed by atoms with Crippen LogP contribution < -0.4 is 20.7 Å². The average molecular weight is 918 g/mol. The summed E-state index contributed by atoms with van der Waals surface area (Å²) in [5.41, 5.74) is 9.34. The van der Waals surface area contributed by atoms with Gasteiger partial charge in [0.1, 0.15) is 5.70 Å². The summed E-state index contributed by atoms with van der Waals surface area (Å²) < 4.78 is 6.19. The molecule has 0 aromatic carbocycles. The Bertz CT molecular complexity index is 2250. The van der Waals surface area contributed by atoms with E-state index in [0.29, 0.717) is 46.3 Å². The smallest absolute Gasteiger partial charge is 0.875 e. The fourth-order valence-corrected chi connectivity index (χ4v) is 10.1. The monoisotopic (exact) mass is 917 g/mol. The Morgan fingerprint density at radius 1 is 0.734 bits per heavy atom. The van der Waals surface area contributed by atoms with Crippen molar-refractivity contribution in [1.82, 2.24) is 4.98 Å². The normalized spacial score (nSPS) is 18.8. The minimum absolute atomic E-state index is 0. The number of aromatic nitrogens is 1. The van der Waals surface area contributed by atoms with Crippen molar-refractivity contribution < 1.29 is 41.0 Å². The van der Waals surface area contributed by atoms with E-state index in [4.69, 9.17) is 24.7 Å². The van der Waals surface area contributed by atoms with Crippen LogP contribution in [0.3, 0.4) is 0 Å². The number of unbranched alkanes of at least 4 members (excludes halogenated alkanes) is 19. The van der Waals surface area contributed by atoms with E-state index in [2.05, 4.69) is 27.7 Å². The number of hydrogen-bond acceptors (Lipinski definition) is 7. The SMILES string of the molecule is CCCCCCCCCCCCCCCCCCCCCCC(=O)OC1=C(C)C2=NC1=CC1=NC(=Cc3[n-]c4c(c3C)=C([O-])CC=4C3=NC(=C2)[C@@H](C)[C@@H]3CCC(=O)O)C(CC)=C1C.[Ni+2]. The van der Waals surface area contributed by atoms with Gasteiger partial charge in [0.2, 0.25) is 0 Å². The molecular weight excluding hydrogens is 843 g/mol. The Morgan fingerprint density at radius 3 is 1.84 bits per heavy atom. The molecule has 8 bridgehead atoms. The molecule has 64 heavy (non-hydrogen) atoms. The van der Waals surface area contributed by atoms with E-state index in [1.54, 1.807) is 0 Å². The van der Waals surface area contributed by atoms with Crippen LogP contribution in [0, 0.1) is 18.8 Å². The summed E-state index contributed by atoms with van der Waals surface area (Å²) in [6.07, 6.45) is 33.7. The molecule has 0 amide bonds. The Labute approximate surface area is 393 Å². The van der Waals surface area contributed by atoms with Gasteiger partial charge in [0, 0.05) is 41.7 Å². The summed E-state index contributed by atoms with van der Waals surface area (Å²) in [5, 5.41) is 24.5. The number of carbonyl (C=O) groups excluding carboxylic acids is 1. The molecule has 9 nitrogen and oxygen atoms in total. The second kappa shape index (κ2) is 25.0. The minimum atomic E-state index is -0.872.